The first-order chi connectivity index (χ1) is 4.50. The zero-order valence-corrected chi connectivity index (χ0v) is 10.9. The SMILES string of the molecule is C=COC(C)=O.NC(=S)S.[Zn]. The molecule has 2 N–H and O–H groups in total. The molecule has 0 saturated carbocycles. The summed E-state index contributed by atoms with van der Waals surface area (Å²) < 4.78 is 4.36. The molecule has 0 aliphatic heterocycles. The van der Waals surface area contributed by atoms with Crippen molar-refractivity contribution in [3.63, 3.8) is 0 Å². The van der Waals surface area contributed by atoms with E-state index in [-0.39, 0.29) is 29.8 Å². The van der Waals surface area contributed by atoms with Crippen molar-refractivity contribution in [1.82, 2.24) is 0 Å². The molecule has 0 atom stereocenters. The normalized spacial score (nSPS) is 6.00. The molecule has 0 saturated heterocycles. The maximum absolute atomic E-state index is 9.75. The zero-order valence-electron chi connectivity index (χ0n) is 6.24. The Balaban J connectivity index is -0.000000114. The Morgan fingerprint density at radius 2 is 2.09 bits per heavy atom. The maximum Gasteiger partial charge on any atom is 0.307 e. The van der Waals surface area contributed by atoms with E-state index in [1.54, 1.807) is 0 Å². The molecule has 0 aliphatic carbocycles. The van der Waals surface area contributed by atoms with Crippen molar-refractivity contribution >= 4 is 35.1 Å². The monoisotopic (exact) mass is 243 g/mol. The minimum atomic E-state index is -0.329. The summed E-state index contributed by atoms with van der Waals surface area (Å²) in [6.07, 6.45) is 1.10. The van der Waals surface area contributed by atoms with Crippen molar-refractivity contribution in [3.8, 4) is 0 Å². The van der Waals surface area contributed by atoms with Crippen LogP contribution in [-0.4, -0.2) is 10.3 Å². The molecule has 0 radical (unpaired) electrons. The smallest absolute Gasteiger partial charge is 0.307 e. The number of nitrogens with two attached hydrogens (primary N) is 1. The van der Waals surface area contributed by atoms with Crippen LogP contribution < -0.4 is 5.73 Å². The second kappa shape index (κ2) is 12.7. The summed E-state index contributed by atoms with van der Waals surface area (Å²) >= 11 is 7.65. The molecule has 6 heteroatoms. The van der Waals surface area contributed by atoms with E-state index in [9.17, 15) is 4.79 Å². The van der Waals surface area contributed by atoms with Gasteiger partial charge in [-0.05, 0) is 0 Å². The van der Waals surface area contributed by atoms with E-state index in [4.69, 9.17) is 5.73 Å². The van der Waals surface area contributed by atoms with Crippen LogP contribution in [0.15, 0.2) is 12.8 Å². The molecule has 11 heavy (non-hydrogen) atoms. The third-order valence-corrected chi connectivity index (χ3v) is 0.249. The van der Waals surface area contributed by atoms with Gasteiger partial charge in [-0.1, -0.05) is 18.8 Å². The summed E-state index contributed by atoms with van der Waals surface area (Å²) in [4.78, 5) is 9.75. The number of hydrogen-bond donors (Lipinski definition) is 2. The van der Waals surface area contributed by atoms with Gasteiger partial charge in [0.1, 0.15) is 4.32 Å². The molecule has 0 aromatic carbocycles. The first-order valence-corrected chi connectivity index (χ1v) is 3.12. The van der Waals surface area contributed by atoms with Crippen molar-refractivity contribution < 1.29 is 29.0 Å². The predicted octanol–water partition coefficient (Wildman–Crippen LogP) is 0.850. The Bertz CT molecular complexity index is 136. The Labute approximate surface area is 89.5 Å². The van der Waals surface area contributed by atoms with Gasteiger partial charge in [0.2, 0.25) is 0 Å². The van der Waals surface area contributed by atoms with Crippen LogP contribution in [0.4, 0.5) is 0 Å². The minimum absolute atomic E-state index is 0. The van der Waals surface area contributed by atoms with Gasteiger partial charge in [-0.15, -0.1) is 12.6 Å². The Kier molecular flexibility index (Phi) is 19.9. The van der Waals surface area contributed by atoms with Crippen LogP contribution in [0.5, 0.6) is 0 Å². The molecule has 0 heterocycles. The number of rotatable bonds is 1. The van der Waals surface area contributed by atoms with Gasteiger partial charge >= 0.3 is 5.97 Å². The van der Waals surface area contributed by atoms with Crippen molar-refractivity contribution in [3.05, 3.63) is 12.8 Å². The fourth-order valence-corrected chi connectivity index (χ4v) is 0.117. The largest absolute Gasteiger partial charge is 0.435 e. The van der Waals surface area contributed by atoms with Crippen LogP contribution in [0.3, 0.4) is 0 Å². The van der Waals surface area contributed by atoms with Crippen molar-refractivity contribution in [2.45, 2.75) is 6.92 Å². The van der Waals surface area contributed by atoms with Gasteiger partial charge in [0.15, 0.2) is 0 Å². The van der Waals surface area contributed by atoms with E-state index >= 15 is 0 Å². The van der Waals surface area contributed by atoms with Gasteiger partial charge in [0, 0.05) is 26.4 Å². The fourth-order valence-electron chi connectivity index (χ4n) is 0.117. The number of thiol groups is 1. The summed E-state index contributed by atoms with van der Waals surface area (Å²) in [6.45, 7) is 4.48. The third kappa shape index (κ3) is 69.5. The second-order valence-electron chi connectivity index (χ2n) is 1.11. The second-order valence-corrected chi connectivity index (χ2v) is 2.34. The third-order valence-electron chi connectivity index (χ3n) is 0.249. The number of ether oxygens (including phenoxy) is 1. The molecule has 0 spiro atoms. The number of esters is 1. The first kappa shape index (κ1) is 17.2. The first-order valence-electron chi connectivity index (χ1n) is 2.27. The van der Waals surface area contributed by atoms with E-state index in [0.29, 0.717) is 0 Å². The Morgan fingerprint density at radius 3 is 2.09 bits per heavy atom. The summed E-state index contributed by atoms with van der Waals surface area (Å²) in [5, 5.41) is 0. The molecular weight excluding hydrogens is 236 g/mol. The molecule has 0 aromatic rings. The van der Waals surface area contributed by atoms with E-state index < -0.39 is 0 Å². The van der Waals surface area contributed by atoms with Crippen molar-refractivity contribution in [2.24, 2.45) is 5.73 Å². The molecule has 3 nitrogen and oxygen atoms in total. The van der Waals surface area contributed by atoms with Gasteiger partial charge in [-0.2, -0.15) is 0 Å². The van der Waals surface area contributed by atoms with E-state index in [2.05, 4.69) is 36.2 Å². The summed E-state index contributed by atoms with van der Waals surface area (Å²) in [7, 11) is 0. The topological polar surface area (TPSA) is 52.3 Å². The molecule has 0 aromatic heterocycles. The predicted molar refractivity (Wildman–Crippen MR) is 47.7 cm³/mol. The van der Waals surface area contributed by atoms with Crippen molar-refractivity contribution in [1.29, 1.82) is 0 Å². The van der Waals surface area contributed by atoms with E-state index in [0.717, 1.165) is 6.26 Å². The van der Waals surface area contributed by atoms with Gasteiger partial charge in [0.05, 0.1) is 6.26 Å². The summed E-state index contributed by atoms with van der Waals surface area (Å²) in [5.74, 6) is -0.329. The van der Waals surface area contributed by atoms with Gasteiger partial charge < -0.3 is 10.5 Å². The minimum Gasteiger partial charge on any atom is -0.435 e. The number of hydrogen-bond acceptors (Lipinski definition) is 3. The van der Waals surface area contributed by atoms with Crippen LogP contribution in [0.25, 0.3) is 0 Å². The maximum atomic E-state index is 9.75. The van der Waals surface area contributed by atoms with E-state index in [1.165, 1.54) is 6.92 Å². The molecule has 0 amide bonds. The quantitative estimate of drug-likeness (QED) is 0.236. The van der Waals surface area contributed by atoms with Crippen LogP contribution >= 0.6 is 24.8 Å². The van der Waals surface area contributed by atoms with Crippen molar-refractivity contribution in [2.75, 3.05) is 0 Å². The van der Waals surface area contributed by atoms with E-state index in [1.807, 2.05) is 0 Å². The van der Waals surface area contributed by atoms with Crippen LogP contribution in [-0.2, 0) is 29.0 Å². The number of carbonyl (C=O) groups is 1. The number of carbonyl (C=O) groups excluding carboxylic acids is 1. The summed E-state index contributed by atoms with van der Waals surface area (Å²) in [6, 6.07) is 0. The van der Waals surface area contributed by atoms with Crippen LogP contribution in [0, 0.1) is 0 Å². The Hall–Kier alpha value is 0.0734. The zero-order chi connectivity index (χ0) is 8.57. The molecule has 0 unspecified atom stereocenters. The Morgan fingerprint density at radius 1 is 1.82 bits per heavy atom. The molecule has 0 fully saturated rings. The van der Waals surface area contributed by atoms with Gasteiger partial charge in [-0.25, -0.2) is 0 Å². The van der Waals surface area contributed by atoms with Gasteiger partial charge in [0.25, 0.3) is 0 Å². The molecule has 0 rings (SSSR count). The average molecular weight is 245 g/mol. The van der Waals surface area contributed by atoms with Crippen LogP contribution in [0.2, 0.25) is 0 Å². The summed E-state index contributed by atoms with van der Waals surface area (Å²) in [5.41, 5.74) is 4.71. The molecular formula is C5H9NO2S2Zn. The molecule has 60 valence electrons. The average Bonchev–Trinajstić information content (AvgIpc) is 1.62. The van der Waals surface area contributed by atoms with Crippen LogP contribution in [0.1, 0.15) is 6.92 Å². The molecule has 0 aliphatic rings. The molecule has 0 bridgehead atoms. The standard InChI is InChI=1S/C4H6O2.CH3NS2.Zn/c1-3-6-4(2)5;2-1(3)4;/h3H,1H2,2H3;(H3,2,3,4);. The van der Waals surface area contributed by atoms with Gasteiger partial charge in [-0.3, -0.25) is 4.79 Å². The number of thiocarbonyl (C=S) groups is 1. The fraction of sp³-hybridized carbons (Fsp3) is 0.200.